The van der Waals surface area contributed by atoms with Gasteiger partial charge in [0.2, 0.25) is 0 Å². The highest BCUT2D eigenvalue weighted by molar-refractivity contribution is 9.10. The van der Waals surface area contributed by atoms with Crippen LogP contribution in [0.1, 0.15) is 43.1 Å². The second kappa shape index (κ2) is 3.70. The van der Waals surface area contributed by atoms with E-state index in [0.717, 1.165) is 28.3 Å². The Morgan fingerprint density at radius 2 is 1.93 bits per heavy atom. The molecule has 15 heavy (non-hydrogen) atoms. The fourth-order valence-electron chi connectivity index (χ4n) is 1.78. The maximum absolute atomic E-state index is 6.10. The minimum atomic E-state index is 0.586. The highest BCUT2D eigenvalue weighted by Crippen LogP contribution is 2.44. The molecular formula is C11H12BrClN2. The predicted molar refractivity (Wildman–Crippen MR) is 63.1 cm³/mol. The van der Waals surface area contributed by atoms with Gasteiger partial charge >= 0.3 is 0 Å². The molecular weight excluding hydrogens is 275 g/mol. The fourth-order valence-corrected chi connectivity index (χ4v) is 2.48. The standard InChI is InChI=1S/C11H12BrClN2/c12-9-10(7-3-4-7)14-8(15-11(9)13)5-6-1-2-6/h6-7H,1-5H2. The van der Waals surface area contributed by atoms with Crippen LogP contribution in [0.4, 0.5) is 0 Å². The molecule has 2 aliphatic carbocycles. The molecule has 0 bridgehead atoms. The first kappa shape index (κ1) is 10.0. The van der Waals surface area contributed by atoms with Gasteiger partial charge in [0, 0.05) is 12.3 Å². The van der Waals surface area contributed by atoms with Crippen LogP contribution in [0.25, 0.3) is 0 Å². The van der Waals surface area contributed by atoms with Crippen LogP contribution < -0.4 is 0 Å². The van der Waals surface area contributed by atoms with Crippen LogP contribution in [0, 0.1) is 5.92 Å². The summed E-state index contributed by atoms with van der Waals surface area (Å²) in [6.45, 7) is 0. The molecule has 0 aliphatic heterocycles. The van der Waals surface area contributed by atoms with Gasteiger partial charge in [0.05, 0.1) is 10.2 Å². The number of halogens is 2. The van der Waals surface area contributed by atoms with E-state index in [4.69, 9.17) is 11.6 Å². The molecule has 0 atom stereocenters. The summed E-state index contributed by atoms with van der Waals surface area (Å²) in [4.78, 5) is 8.96. The van der Waals surface area contributed by atoms with Crippen molar-refractivity contribution in [3.63, 3.8) is 0 Å². The zero-order chi connectivity index (χ0) is 10.4. The fraction of sp³-hybridized carbons (Fsp3) is 0.636. The van der Waals surface area contributed by atoms with Crippen molar-refractivity contribution in [1.29, 1.82) is 0 Å². The van der Waals surface area contributed by atoms with Crippen molar-refractivity contribution in [2.75, 3.05) is 0 Å². The maximum Gasteiger partial charge on any atom is 0.147 e. The molecule has 0 aromatic carbocycles. The lowest BCUT2D eigenvalue weighted by Crippen LogP contribution is -2.02. The molecule has 2 nitrogen and oxygen atoms in total. The lowest BCUT2D eigenvalue weighted by Gasteiger charge is -2.06. The summed E-state index contributed by atoms with van der Waals surface area (Å²) in [5, 5.41) is 0.586. The van der Waals surface area contributed by atoms with Gasteiger partial charge in [-0.05, 0) is 47.5 Å². The van der Waals surface area contributed by atoms with E-state index in [2.05, 4.69) is 25.9 Å². The average molecular weight is 288 g/mol. The van der Waals surface area contributed by atoms with Gasteiger partial charge in [-0.3, -0.25) is 0 Å². The van der Waals surface area contributed by atoms with Crippen molar-refractivity contribution in [1.82, 2.24) is 9.97 Å². The second-order valence-corrected chi connectivity index (χ2v) is 5.70. The van der Waals surface area contributed by atoms with E-state index in [-0.39, 0.29) is 0 Å². The predicted octanol–water partition coefficient (Wildman–Crippen LogP) is 3.72. The van der Waals surface area contributed by atoms with E-state index < -0.39 is 0 Å². The summed E-state index contributed by atoms with van der Waals surface area (Å²) in [5.41, 5.74) is 1.13. The number of rotatable bonds is 3. The van der Waals surface area contributed by atoms with Crippen LogP contribution in [0.3, 0.4) is 0 Å². The number of aromatic nitrogens is 2. The molecule has 0 amide bonds. The van der Waals surface area contributed by atoms with Gasteiger partial charge in [0.15, 0.2) is 0 Å². The molecule has 2 saturated carbocycles. The van der Waals surface area contributed by atoms with E-state index in [1.807, 2.05) is 0 Å². The van der Waals surface area contributed by atoms with Crippen molar-refractivity contribution in [3.8, 4) is 0 Å². The van der Waals surface area contributed by atoms with E-state index in [9.17, 15) is 0 Å². The Morgan fingerprint density at radius 1 is 1.20 bits per heavy atom. The Hall–Kier alpha value is -0.150. The molecule has 3 rings (SSSR count). The number of nitrogens with zero attached hydrogens (tertiary/aromatic N) is 2. The van der Waals surface area contributed by atoms with Gasteiger partial charge in [0.25, 0.3) is 0 Å². The smallest absolute Gasteiger partial charge is 0.147 e. The summed E-state index contributed by atoms with van der Waals surface area (Å²) in [5.74, 6) is 2.37. The van der Waals surface area contributed by atoms with Crippen LogP contribution in [0.5, 0.6) is 0 Å². The van der Waals surface area contributed by atoms with E-state index in [1.165, 1.54) is 25.7 Å². The normalized spacial score (nSPS) is 20.7. The SMILES string of the molecule is Clc1nc(CC2CC2)nc(C2CC2)c1Br. The molecule has 0 unspecified atom stereocenters. The number of hydrogen-bond donors (Lipinski definition) is 0. The summed E-state index contributed by atoms with van der Waals surface area (Å²) in [7, 11) is 0. The van der Waals surface area contributed by atoms with Crippen molar-refractivity contribution >= 4 is 27.5 Å². The maximum atomic E-state index is 6.10. The second-order valence-electron chi connectivity index (χ2n) is 4.55. The van der Waals surface area contributed by atoms with Crippen molar-refractivity contribution in [2.45, 2.75) is 38.0 Å². The Labute approximate surface area is 103 Å². The molecule has 2 fully saturated rings. The van der Waals surface area contributed by atoms with Gasteiger partial charge in [0.1, 0.15) is 11.0 Å². The van der Waals surface area contributed by atoms with Crippen LogP contribution >= 0.6 is 27.5 Å². The third-order valence-electron chi connectivity index (χ3n) is 3.01. The largest absolute Gasteiger partial charge is 0.236 e. The zero-order valence-corrected chi connectivity index (χ0v) is 10.7. The topological polar surface area (TPSA) is 25.8 Å². The van der Waals surface area contributed by atoms with Gasteiger partial charge in [-0.25, -0.2) is 9.97 Å². The molecule has 4 heteroatoms. The van der Waals surface area contributed by atoms with Gasteiger partial charge in [-0.15, -0.1) is 0 Å². The third-order valence-corrected chi connectivity index (χ3v) is 4.30. The van der Waals surface area contributed by atoms with Crippen molar-refractivity contribution in [3.05, 3.63) is 21.1 Å². The average Bonchev–Trinajstić information content (AvgIpc) is 3.01. The van der Waals surface area contributed by atoms with Crippen molar-refractivity contribution in [2.24, 2.45) is 5.92 Å². The first-order valence-electron chi connectivity index (χ1n) is 5.46. The molecule has 1 heterocycles. The Kier molecular flexibility index (Phi) is 2.48. The minimum absolute atomic E-state index is 0.586. The Morgan fingerprint density at radius 3 is 2.53 bits per heavy atom. The monoisotopic (exact) mass is 286 g/mol. The highest BCUT2D eigenvalue weighted by Gasteiger charge is 2.30. The molecule has 1 aromatic heterocycles. The van der Waals surface area contributed by atoms with E-state index in [0.29, 0.717) is 11.1 Å². The Bertz CT molecular complexity index is 400. The molecule has 0 spiro atoms. The lowest BCUT2D eigenvalue weighted by molar-refractivity contribution is 0.754. The summed E-state index contributed by atoms with van der Waals surface area (Å²) >= 11 is 9.58. The minimum Gasteiger partial charge on any atom is -0.236 e. The lowest BCUT2D eigenvalue weighted by atomic mass is 10.2. The van der Waals surface area contributed by atoms with Crippen LogP contribution in [-0.2, 0) is 6.42 Å². The van der Waals surface area contributed by atoms with Crippen molar-refractivity contribution < 1.29 is 0 Å². The van der Waals surface area contributed by atoms with Gasteiger partial charge in [-0.2, -0.15) is 0 Å². The first-order chi connectivity index (χ1) is 7.24. The Balaban J connectivity index is 1.93. The summed E-state index contributed by atoms with van der Waals surface area (Å²) in [6.07, 6.45) is 6.15. The van der Waals surface area contributed by atoms with E-state index in [1.54, 1.807) is 0 Å². The van der Waals surface area contributed by atoms with Gasteiger partial charge in [-0.1, -0.05) is 11.6 Å². The molecule has 0 radical (unpaired) electrons. The quantitative estimate of drug-likeness (QED) is 0.792. The van der Waals surface area contributed by atoms with E-state index >= 15 is 0 Å². The summed E-state index contributed by atoms with van der Waals surface area (Å²) < 4.78 is 0.909. The van der Waals surface area contributed by atoms with Crippen LogP contribution in [-0.4, -0.2) is 9.97 Å². The molecule has 2 aliphatic rings. The first-order valence-corrected chi connectivity index (χ1v) is 6.63. The molecule has 1 aromatic rings. The molecule has 0 N–H and O–H groups in total. The zero-order valence-electron chi connectivity index (χ0n) is 8.34. The highest BCUT2D eigenvalue weighted by atomic mass is 79.9. The van der Waals surface area contributed by atoms with Crippen LogP contribution in [0.15, 0.2) is 4.47 Å². The van der Waals surface area contributed by atoms with Crippen LogP contribution in [0.2, 0.25) is 5.15 Å². The van der Waals surface area contributed by atoms with Gasteiger partial charge < -0.3 is 0 Å². The summed E-state index contributed by atoms with van der Waals surface area (Å²) in [6, 6.07) is 0. The molecule has 80 valence electrons. The number of hydrogen-bond acceptors (Lipinski definition) is 2. The third kappa shape index (κ3) is 2.18. The molecule has 0 saturated heterocycles.